The molecular weight excluding hydrogens is 232 g/mol. The number of carbonyl (C=O) groups excluding carboxylic acids is 2. The largest absolute Gasteiger partial charge is 0.460 e. The first-order valence-electron chi connectivity index (χ1n) is 6.01. The summed E-state index contributed by atoms with van der Waals surface area (Å²) >= 11 is 0. The Hall–Kier alpha value is -1.84. The monoisotopic (exact) mass is 250 g/mol. The molecule has 1 atom stereocenters. The molecule has 0 aromatic heterocycles. The molecule has 0 fully saturated rings. The van der Waals surface area contributed by atoms with E-state index in [2.05, 4.69) is 0 Å². The minimum atomic E-state index is -0.847. The quantitative estimate of drug-likeness (QED) is 0.754. The number of ether oxygens (including phenoxy) is 2. The van der Waals surface area contributed by atoms with Gasteiger partial charge in [0.15, 0.2) is 6.10 Å². The summed E-state index contributed by atoms with van der Waals surface area (Å²) in [6, 6.07) is 8.57. The third kappa shape index (κ3) is 4.20. The van der Waals surface area contributed by atoms with Crippen LogP contribution in [0.2, 0.25) is 0 Å². The van der Waals surface area contributed by atoms with Gasteiger partial charge in [0.1, 0.15) is 0 Å². The van der Waals surface area contributed by atoms with Crippen molar-refractivity contribution in [2.45, 2.75) is 39.4 Å². The Labute approximate surface area is 107 Å². The van der Waals surface area contributed by atoms with Crippen molar-refractivity contribution < 1.29 is 19.1 Å². The van der Waals surface area contributed by atoms with Gasteiger partial charge in [0.2, 0.25) is 0 Å². The van der Waals surface area contributed by atoms with Crippen LogP contribution in [0.4, 0.5) is 0 Å². The van der Waals surface area contributed by atoms with E-state index in [0.29, 0.717) is 12.0 Å². The molecule has 4 nitrogen and oxygen atoms in total. The zero-order valence-corrected chi connectivity index (χ0v) is 10.9. The molecule has 0 aliphatic rings. The third-order valence-electron chi connectivity index (χ3n) is 2.24. The van der Waals surface area contributed by atoms with Gasteiger partial charge in [-0.2, -0.15) is 0 Å². The van der Waals surface area contributed by atoms with Gasteiger partial charge in [0.25, 0.3) is 0 Å². The molecule has 0 amide bonds. The maximum absolute atomic E-state index is 11.8. The van der Waals surface area contributed by atoms with Crippen molar-refractivity contribution in [3.63, 3.8) is 0 Å². The fraction of sp³-hybridized carbons (Fsp3) is 0.429. The van der Waals surface area contributed by atoms with Crippen LogP contribution in [0.1, 0.15) is 37.6 Å². The van der Waals surface area contributed by atoms with Gasteiger partial charge in [-0.1, -0.05) is 25.1 Å². The smallest absolute Gasteiger partial charge is 0.347 e. The van der Waals surface area contributed by atoms with Crippen LogP contribution in [0.5, 0.6) is 0 Å². The van der Waals surface area contributed by atoms with Gasteiger partial charge < -0.3 is 9.47 Å². The summed E-state index contributed by atoms with van der Waals surface area (Å²) in [6.07, 6.45) is -0.675. The lowest BCUT2D eigenvalue weighted by Gasteiger charge is -2.16. The Balaban J connectivity index is 2.64. The standard InChI is InChI=1S/C14H18O4/c1-4-12(14(16)17-10(2)3)18-13(15)11-8-6-5-7-9-11/h5-10,12H,4H2,1-3H3. The summed E-state index contributed by atoms with van der Waals surface area (Å²) in [6.45, 7) is 5.28. The lowest BCUT2D eigenvalue weighted by molar-refractivity contribution is -0.158. The SMILES string of the molecule is CCC(OC(=O)c1ccccc1)C(=O)OC(C)C. The van der Waals surface area contributed by atoms with Gasteiger partial charge >= 0.3 is 11.9 Å². The molecule has 0 saturated carbocycles. The summed E-state index contributed by atoms with van der Waals surface area (Å²) in [5.74, 6) is -1.01. The Kier molecular flexibility index (Phi) is 5.36. The molecule has 0 radical (unpaired) electrons. The highest BCUT2D eigenvalue weighted by molar-refractivity contribution is 5.91. The van der Waals surface area contributed by atoms with E-state index in [-0.39, 0.29) is 6.10 Å². The predicted molar refractivity (Wildman–Crippen MR) is 67.2 cm³/mol. The van der Waals surface area contributed by atoms with E-state index in [0.717, 1.165) is 0 Å². The summed E-state index contributed by atoms with van der Waals surface area (Å²) < 4.78 is 10.2. The van der Waals surface area contributed by atoms with Crippen LogP contribution in [0.25, 0.3) is 0 Å². The van der Waals surface area contributed by atoms with E-state index in [1.54, 1.807) is 51.1 Å². The topological polar surface area (TPSA) is 52.6 Å². The van der Waals surface area contributed by atoms with E-state index in [1.165, 1.54) is 0 Å². The Morgan fingerprint density at radius 2 is 1.72 bits per heavy atom. The number of hydrogen-bond donors (Lipinski definition) is 0. The maximum Gasteiger partial charge on any atom is 0.347 e. The molecule has 4 heteroatoms. The fourth-order valence-electron chi connectivity index (χ4n) is 1.38. The van der Waals surface area contributed by atoms with Crippen molar-refractivity contribution in [1.29, 1.82) is 0 Å². The molecule has 0 N–H and O–H groups in total. The van der Waals surface area contributed by atoms with E-state index in [9.17, 15) is 9.59 Å². The van der Waals surface area contributed by atoms with E-state index in [1.807, 2.05) is 0 Å². The number of rotatable bonds is 5. The molecule has 98 valence electrons. The van der Waals surface area contributed by atoms with Crippen LogP contribution in [-0.2, 0) is 14.3 Å². The highest BCUT2D eigenvalue weighted by Crippen LogP contribution is 2.08. The van der Waals surface area contributed by atoms with Gasteiger partial charge in [-0.25, -0.2) is 9.59 Å². The number of esters is 2. The molecule has 0 heterocycles. The number of carbonyl (C=O) groups is 2. The van der Waals surface area contributed by atoms with Crippen LogP contribution in [0.15, 0.2) is 30.3 Å². The Bertz CT molecular complexity index is 398. The zero-order chi connectivity index (χ0) is 13.5. The van der Waals surface area contributed by atoms with Gasteiger partial charge in [0, 0.05) is 0 Å². The van der Waals surface area contributed by atoms with Gasteiger partial charge in [0.05, 0.1) is 11.7 Å². The van der Waals surface area contributed by atoms with E-state index < -0.39 is 18.0 Å². The molecule has 0 saturated heterocycles. The first-order valence-corrected chi connectivity index (χ1v) is 6.01. The molecule has 0 aliphatic heterocycles. The van der Waals surface area contributed by atoms with E-state index >= 15 is 0 Å². The zero-order valence-electron chi connectivity index (χ0n) is 10.9. The molecule has 1 rings (SSSR count). The first kappa shape index (κ1) is 14.2. The highest BCUT2D eigenvalue weighted by Gasteiger charge is 2.23. The average molecular weight is 250 g/mol. The highest BCUT2D eigenvalue weighted by atomic mass is 16.6. The third-order valence-corrected chi connectivity index (χ3v) is 2.24. The van der Waals surface area contributed by atoms with Crippen molar-refractivity contribution in [3.8, 4) is 0 Å². The first-order chi connectivity index (χ1) is 8.54. The van der Waals surface area contributed by atoms with Crippen LogP contribution < -0.4 is 0 Å². The van der Waals surface area contributed by atoms with Crippen molar-refractivity contribution in [2.24, 2.45) is 0 Å². The minimum absolute atomic E-state index is 0.220. The molecule has 18 heavy (non-hydrogen) atoms. The van der Waals surface area contributed by atoms with Crippen LogP contribution in [-0.4, -0.2) is 24.1 Å². The average Bonchev–Trinajstić information content (AvgIpc) is 2.35. The molecule has 0 aliphatic carbocycles. The normalized spacial score (nSPS) is 12.0. The molecule has 1 aromatic rings. The molecular formula is C14H18O4. The minimum Gasteiger partial charge on any atom is -0.460 e. The second-order valence-electron chi connectivity index (χ2n) is 4.15. The molecule has 0 spiro atoms. The van der Waals surface area contributed by atoms with Gasteiger partial charge in [-0.3, -0.25) is 0 Å². The van der Waals surface area contributed by atoms with Crippen molar-refractivity contribution in [1.82, 2.24) is 0 Å². The van der Waals surface area contributed by atoms with Crippen molar-refractivity contribution in [3.05, 3.63) is 35.9 Å². The summed E-state index contributed by atoms with van der Waals surface area (Å²) in [5, 5.41) is 0. The predicted octanol–water partition coefficient (Wildman–Crippen LogP) is 2.57. The Morgan fingerprint density at radius 3 is 2.22 bits per heavy atom. The van der Waals surface area contributed by atoms with Gasteiger partial charge in [-0.15, -0.1) is 0 Å². The lowest BCUT2D eigenvalue weighted by atomic mass is 10.2. The number of hydrogen-bond acceptors (Lipinski definition) is 4. The number of benzene rings is 1. The van der Waals surface area contributed by atoms with Crippen LogP contribution >= 0.6 is 0 Å². The summed E-state index contributed by atoms with van der Waals surface area (Å²) in [7, 11) is 0. The van der Waals surface area contributed by atoms with Crippen molar-refractivity contribution in [2.75, 3.05) is 0 Å². The lowest BCUT2D eigenvalue weighted by Crippen LogP contribution is -2.30. The van der Waals surface area contributed by atoms with Gasteiger partial charge in [-0.05, 0) is 32.4 Å². The summed E-state index contributed by atoms with van der Waals surface area (Å²) in [5.41, 5.74) is 0.424. The van der Waals surface area contributed by atoms with Crippen LogP contribution in [0.3, 0.4) is 0 Å². The van der Waals surface area contributed by atoms with Crippen molar-refractivity contribution >= 4 is 11.9 Å². The van der Waals surface area contributed by atoms with Crippen LogP contribution in [0, 0.1) is 0 Å². The molecule has 1 aromatic carbocycles. The molecule has 1 unspecified atom stereocenters. The second-order valence-corrected chi connectivity index (χ2v) is 4.15. The fourth-order valence-corrected chi connectivity index (χ4v) is 1.38. The molecule has 0 bridgehead atoms. The Morgan fingerprint density at radius 1 is 1.11 bits per heavy atom. The maximum atomic E-state index is 11.8. The summed E-state index contributed by atoms with van der Waals surface area (Å²) in [4.78, 5) is 23.4. The second kappa shape index (κ2) is 6.79. The van der Waals surface area contributed by atoms with E-state index in [4.69, 9.17) is 9.47 Å².